The Morgan fingerprint density at radius 2 is 1.96 bits per heavy atom. The number of aromatic nitrogens is 1. The number of halogens is 2. The van der Waals surface area contributed by atoms with Crippen molar-refractivity contribution in [1.82, 2.24) is 15.6 Å². The van der Waals surface area contributed by atoms with Gasteiger partial charge in [-0.15, -0.1) is 0 Å². The first kappa shape index (κ1) is 20.3. The summed E-state index contributed by atoms with van der Waals surface area (Å²) in [5, 5.41) is 6.59. The van der Waals surface area contributed by atoms with Gasteiger partial charge in [-0.3, -0.25) is 4.98 Å². The molecule has 2 N–H and O–H groups in total. The van der Waals surface area contributed by atoms with Crippen LogP contribution in [0, 0.1) is 11.6 Å². The topological polar surface area (TPSA) is 37.0 Å². The fourth-order valence-corrected chi connectivity index (χ4v) is 3.44. The van der Waals surface area contributed by atoms with Crippen molar-refractivity contribution in [3.05, 3.63) is 65.3 Å². The summed E-state index contributed by atoms with van der Waals surface area (Å²) >= 11 is 0. The van der Waals surface area contributed by atoms with E-state index in [1.54, 1.807) is 12.3 Å². The van der Waals surface area contributed by atoms with Crippen molar-refractivity contribution < 1.29 is 8.78 Å². The maximum atomic E-state index is 14.9. The monoisotopic (exact) mass is 385 g/mol. The summed E-state index contributed by atoms with van der Waals surface area (Å²) in [7, 11) is 0. The molecule has 1 aromatic carbocycles. The van der Waals surface area contributed by atoms with E-state index in [1.165, 1.54) is 12.1 Å². The Bertz CT molecular complexity index is 884. The Kier molecular flexibility index (Phi) is 5.73. The molecule has 5 heteroatoms. The van der Waals surface area contributed by atoms with Gasteiger partial charge >= 0.3 is 0 Å². The lowest BCUT2D eigenvalue weighted by Crippen LogP contribution is -2.20. The van der Waals surface area contributed by atoms with E-state index in [9.17, 15) is 8.78 Å². The molecule has 0 amide bonds. The predicted molar refractivity (Wildman–Crippen MR) is 110 cm³/mol. The van der Waals surface area contributed by atoms with Crippen LogP contribution in [-0.4, -0.2) is 11.0 Å². The second kappa shape index (κ2) is 7.90. The van der Waals surface area contributed by atoms with Gasteiger partial charge in [0.2, 0.25) is 0 Å². The number of hydrogen-bond acceptors (Lipinski definition) is 3. The summed E-state index contributed by atoms with van der Waals surface area (Å²) in [5.74, 6) is -0.842. The number of nitrogens with one attached hydrogen (secondary N) is 2. The Hall–Kier alpha value is -2.43. The first-order chi connectivity index (χ1) is 13.2. The van der Waals surface area contributed by atoms with Crippen LogP contribution in [0.4, 0.5) is 8.78 Å². The molecule has 150 valence electrons. The van der Waals surface area contributed by atoms with E-state index < -0.39 is 11.6 Å². The molecule has 28 heavy (non-hydrogen) atoms. The number of hydrogen-bond donors (Lipinski definition) is 2. The standard InChI is InChI=1S/C23H29F2N3/c1-6-16-10-17(13-27-16)28-14(2)18-11-21(25)19(12-20(18)24)15-7-8-26-22(9-15)23(3,4)5/h7-9,11-14,16,27-28H,6,10H2,1-5H3/t14?,16-/m0/s1. The van der Waals surface area contributed by atoms with Crippen molar-refractivity contribution in [2.75, 3.05) is 0 Å². The van der Waals surface area contributed by atoms with Crippen molar-refractivity contribution in [2.24, 2.45) is 0 Å². The van der Waals surface area contributed by atoms with Gasteiger partial charge in [0.15, 0.2) is 0 Å². The smallest absolute Gasteiger partial charge is 0.131 e. The van der Waals surface area contributed by atoms with Crippen LogP contribution >= 0.6 is 0 Å². The molecule has 0 saturated heterocycles. The van der Waals surface area contributed by atoms with Crippen molar-refractivity contribution in [2.45, 2.75) is 65.0 Å². The molecule has 1 aromatic heterocycles. The highest BCUT2D eigenvalue weighted by atomic mass is 19.1. The normalized spacial score (nSPS) is 17.8. The van der Waals surface area contributed by atoms with Crippen LogP contribution in [0.5, 0.6) is 0 Å². The third-order valence-corrected chi connectivity index (χ3v) is 5.25. The molecule has 0 bridgehead atoms. The first-order valence-electron chi connectivity index (χ1n) is 9.86. The van der Waals surface area contributed by atoms with E-state index in [2.05, 4.69) is 22.5 Å². The zero-order chi connectivity index (χ0) is 20.5. The Morgan fingerprint density at radius 3 is 2.61 bits per heavy atom. The van der Waals surface area contributed by atoms with Gasteiger partial charge in [0.1, 0.15) is 11.6 Å². The summed E-state index contributed by atoms with van der Waals surface area (Å²) in [6.07, 6.45) is 5.47. The molecule has 0 radical (unpaired) electrons. The fraction of sp³-hybridized carbons (Fsp3) is 0.435. The van der Waals surface area contributed by atoms with Gasteiger partial charge in [0, 0.05) is 52.8 Å². The van der Waals surface area contributed by atoms with E-state index in [1.807, 2.05) is 40.0 Å². The summed E-state index contributed by atoms with van der Waals surface area (Å²) in [5.41, 5.74) is 2.92. The predicted octanol–water partition coefficient (Wildman–Crippen LogP) is 5.59. The Balaban J connectivity index is 1.85. The lowest BCUT2D eigenvalue weighted by molar-refractivity contribution is 0.535. The molecular formula is C23H29F2N3. The minimum Gasteiger partial charge on any atom is -0.386 e. The number of nitrogens with zero attached hydrogens (tertiary/aromatic N) is 1. The Labute approximate surface area is 166 Å². The highest BCUT2D eigenvalue weighted by Gasteiger charge is 2.21. The van der Waals surface area contributed by atoms with Gasteiger partial charge in [-0.05, 0) is 43.2 Å². The summed E-state index contributed by atoms with van der Waals surface area (Å²) < 4.78 is 29.8. The van der Waals surface area contributed by atoms with Gasteiger partial charge in [-0.25, -0.2) is 8.78 Å². The van der Waals surface area contributed by atoms with Crippen LogP contribution in [0.15, 0.2) is 42.4 Å². The second-order valence-electron chi connectivity index (χ2n) is 8.54. The second-order valence-corrected chi connectivity index (χ2v) is 8.54. The maximum Gasteiger partial charge on any atom is 0.131 e. The average Bonchev–Trinajstić information content (AvgIpc) is 3.10. The van der Waals surface area contributed by atoms with Crippen LogP contribution in [0.2, 0.25) is 0 Å². The lowest BCUT2D eigenvalue weighted by Gasteiger charge is -2.20. The van der Waals surface area contributed by atoms with E-state index in [0.29, 0.717) is 17.2 Å². The highest BCUT2D eigenvalue weighted by molar-refractivity contribution is 5.65. The van der Waals surface area contributed by atoms with Crippen LogP contribution in [0.1, 0.15) is 64.8 Å². The van der Waals surface area contributed by atoms with Gasteiger partial charge in [-0.1, -0.05) is 27.7 Å². The maximum absolute atomic E-state index is 14.9. The SMILES string of the molecule is CC[C@H]1CC(NC(C)c2cc(F)c(-c3ccnc(C(C)(C)C)c3)cc2F)=CN1. The van der Waals surface area contributed by atoms with Crippen LogP contribution in [0.25, 0.3) is 11.1 Å². The van der Waals surface area contributed by atoms with Crippen molar-refractivity contribution in [3.8, 4) is 11.1 Å². The molecule has 3 nitrogen and oxygen atoms in total. The molecule has 0 aliphatic carbocycles. The lowest BCUT2D eigenvalue weighted by atomic mass is 9.89. The minimum absolute atomic E-state index is 0.164. The summed E-state index contributed by atoms with van der Waals surface area (Å²) in [4.78, 5) is 4.37. The van der Waals surface area contributed by atoms with Gasteiger partial charge in [-0.2, -0.15) is 0 Å². The van der Waals surface area contributed by atoms with E-state index >= 15 is 0 Å². The highest BCUT2D eigenvalue weighted by Crippen LogP contribution is 2.31. The molecule has 2 heterocycles. The molecule has 0 saturated carbocycles. The summed E-state index contributed by atoms with van der Waals surface area (Å²) in [6.45, 7) is 10.1. The fourth-order valence-electron chi connectivity index (χ4n) is 3.44. The third-order valence-electron chi connectivity index (χ3n) is 5.25. The Morgan fingerprint density at radius 1 is 1.21 bits per heavy atom. The van der Waals surface area contributed by atoms with Crippen LogP contribution in [-0.2, 0) is 5.41 Å². The van der Waals surface area contributed by atoms with Crippen molar-refractivity contribution >= 4 is 0 Å². The van der Waals surface area contributed by atoms with Gasteiger partial charge in [0.25, 0.3) is 0 Å². The zero-order valence-corrected chi connectivity index (χ0v) is 17.2. The number of benzene rings is 1. The molecule has 1 aliphatic rings. The molecular weight excluding hydrogens is 356 g/mol. The third kappa shape index (κ3) is 4.34. The zero-order valence-electron chi connectivity index (χ0n) is 17.2. The van der Waals surface area contributed by atoms with E-state index in [0.717, 1.165) is 24.2 Å². The molecule has 3 rings (SSSR count). The van der Waals surface area contributed by atoms with E-state index in [-0.39, 0.29) is 17.0 Å². The van der Waals surface area contributed by atoms with Gasteiger partial charge in [0.05, 0.1) is 6.04 Å². The van der Waals surface area contributed by atoms with Crippen molar-refractivity contribution in [1.29, 1.82) is 0 Å². The quantitative estimate of drug-likeness (QED) is 0.705. The molecule has 2 aromatic rings. The molecule has 0 spiro atoms. The van der Waals surface area contributed by atoms with Crippen LogP contribution in [0.3, 0.4) is 0 Å². The number of rotatable bonds is 5. The van der Waals surface area contributed by atoms with E-state index in [4.69, 9.17) is 0 Å². The first-order valence-corrected chi connectivity index (χ1v) is 9.86. The molecule has 1 aliphatic heterocycles. The average molecular weight is 386 g/mol. The summed E-state index contributed by atoms with van der Waals surface area (Å²) in [6, 6.07) is 6.23. The van der Waals surface area contributed by atoms with Crippen LogP contribution < -0.4 is 10.6 Å². The largest absolute Gasteiger partial charge is 0.386 e. The number of pyridine rings is 1. The molecule has 0 fully saturated rings. The molecule has 2 atom stereocenters. The molecule has 1 unspecified atom stereocenters. The minimum atomic E-state index is -0.430. The van der Waals surface area contributed by atoms with Crippen molar-refractivity contribution in [3.63, 3.8) is 0 Å². The van der Waals surface area contributed by atoms with Gasteiger partial charge < -0.3 is 10.6 Å².